The molecule has 1 aromatic carbocycles. The van der Waals surface area contributed by atoms with Crippen molar-refractivity contribution < 1.29 is 23.9 Å². The van der Waals surface area contributed by atoms with Crippen molar-refractivity contribution >= 4 is 17.8 Å². The monoisotopic (exact) mass is 294 g/mol. The number of amides is 2. The van der Waals surface area contributed by atoms with E-state index in [1.54, 1.807) is 0 Å². The molecule has 0 saturated carbocycles. The minimum absolute atomic E-state index is 0.278. The Balaban J connectivity index is 2.13. The summed E-state index contributed by atoms with van der Waals surface area (Å²) in [5.41, 5.74) is 5.89. The largest absolute Gasteiger partial charge is 0.492 e. The van der Waals surface area contributed by atoms with Crippen LogP contribution in [0.2, 0.25) is 0 Å². The quantitative estimate of drug-likeness (QED) is 0.396. The second kappa shape index (κ2) is 8.57. The third-order valence-electron chi connectivity index (χ3n) is 2.37. The molecule has 0 spiro atoms. The van der Waals surface area contributed by atoms with Gasteiger partial charge in [-0.2, -0.15) is 0 Å². The summed E-state index contributed by atoms with van der Waals surface area (Å²) in [6.07, 6.45) is -0.538. The number of aryl methyl sites for hydroxylation is 1. The molecule has 0 fully saturated rings. The number of esters is 1. The minimum Gasteiger partial charge on any atom is -0.492 e. The molecule has 0 aliphatic rings. The highest BCUT2D eigenvalue weighted by molar-refractivity contribution is 5.94. The van der Waals surface area contributed by atoms with Gasteiger partial charge in [0.25, 0.3) is 5.91 Å². The van der Waals surface area contributed by atoms with Crippen molar-refractivity contribution in [3.05, 3.63) is 29.8 Å². The van der Waals surface area contributed by atoms with Crippen LogP contribution in [0.1, 0.15) is 12.0 Å². The Morgan fingerprint density at radius 3 is 2.71 bits per heavy atom. The number of carbonyl (C=O) groups excluding carboxylic acids is 3. The van der Waals surface area contributed by atoms with Crippen molar-refractivity contribution in [2.75, 3.05) is 19.8 Å². The van der Waals surface area contributed by atoms with Gasteiger partial charge in [-0.25, -0.2) is 0 Å². The average Bonchev–Trinajstić information content (AvgIpc) is 2.41. The fraction of sp³-hybridized carbons (Fsp3) is 0.357. The molecule has 2 amide bonds. The normalized spacial score (nSPS) is 9.76. The van der Waals surface area contributed by atoms with E-state index in [9.17, 15) is 14.4 Å². The molecular weight excluding hydrogens is 276 g/mol. The molecule has 7 heteroatoms. The molecule has 0 bridgehead atoms. The van der Waals surface area contributed by atoms with Crippen LogP contribution >= 0.6 is 0 Å². The number of rotatable bonds is 8. The average molecular weight is 294 g/mol. The lowest BCUT2D eigenvalue weighted by molar-refractivity contribution is -0.150. The van der Waals surface area contributed by atoms with Gasteiger partial charge < -0.3 is 20.5 Å². The zero-order chi connectivity index (χ0) is 15.7. The summed E-state index contributed by atoms with van der Waals surface area (Å²) in [7, 11) is 0. The van der Waals surface area contributed by atoms with E-state index in [-0.39, 0.29) is 6.54 Å². The Bertz CT molecular complexity index is 516. The Labute approximate surface area is 122 Å². The number of ether oxygens (including phenoxy) is 2. The first-order valence-corrected chi connectivity index (χ1v) is 6.37. The standard InChI is InChI=1S/C14H18N2O5/c1-10-3-2-4-11(7-10)20-6-5-16-13(18)9-21-14(19)8-12(15)17/h2-4,7H,5-6,8-9H2,1H3,(H2,15,17)(H,16,18). The van der Waals surface area contributed by atoms with Crippen LogP contribution in [0.3, 0.4) is 0 Å². The van der Waals surface area contributed by atoms with Gasteiger partial charge in [-0.05, 0) is 24.6 Å². The van der Waals surface area contributed by atoms with Gasteiger partial charge in [0.1, 0.15) is 18.8 Å². The Hall–Kier alpha value is -2.57. The first-order chi connectivity index (χ1) is 9.97. The van der Waals surface area contributed by atoms with Crippen LogP contribution in [-0.4, -0.2) is 37.5 Å². The van der Waals surface area contributed by atoms with Gasteiger partial charge in [0.2, 0.25) is 5.91 Å². The number of benzene rings is 1. The van der Waals surface area contributed by atoms with Crippen molar-refractivity contribution in [3.8, 4) is 5.75 Å². The maximum atomic E-state index is 11.3. The van der Waals surface area contributed by atoms with Gasteiger partial charge in [0.05, 0.1) is 6.54 Å². The number of carbonyl (C=O) groups is 3. The molecule has 0 saturated heterocycles. The molecule has 114 valence electrons. The van der Waals surface area contributed by atoms with Crippen LogP contribution in [0.5, 0.6) is 5.75 Å². The highest BCUT2D eigenvalue weighted by Crippen LogP contribution is 2.11. The van der Waals surface area contributed by atoms with E-state index in [4.69, 9.17) is 10.5 Å². The third kappa shape index (κ3) is 7.56. The van der Waals surface area contributed by atoms with Crippen molar-refractivity contribution in [1.29, 1.82) is 0 Å². The van der Waals surface area contributed by atoms with Crippen LogP contribution in [0.4, 0.5) is 0 Å². The lowest BCUT2D eigenvalue weighted by Crippen LogP contribution is -2.32. The number of primary amides is 1. The number of hydrogen-bond donors (Lipinski definition) is 2. The smallest absolute Gasteiger partial charge is 0.315 e. The summed E-state index contributed by atoms with van der Waals surface area (Å²) < 4.78 is 9.98. The molecule has 1 rings (SSSR count). The molecule has 0 aliphatic carbocycles. The topological polar surface area (TPSA) is 108 Å². The van der Waals surface area contributed by atoms with Crippen LogP contribution in [0, 0.1) is 6.92 Å². The second-order valence-corrected chi connectivity index (χ2v) is 4.32. The SMILES string of the molecule is Cc1cccc(OCCNC(=O)COC(=O)CC(N)=O)c1. The molecule has 0 atom stereocenters. The fourth-order valence-corrected chi connectivity index (χ4v) is 1.45. The molecule has 7 nitrogen and oxygen atoms in total. The van der Waals surface area contributed by atoms with E-state index >= 15 is 0 Å². The van der Waals surface area contributed by atoms with Gasteiger partial charge in [-0.3, -0.25) is 14.4 Å². The van der Waals surface area contributed by atoms with E-state index in [1.165, 1.54) is 0 Å². The summed E-state index contributed by atoms with van der Waals surface area (Å²) in [5.74, 6) is -1.38. The van der Waals surface area contributed by atoms with Crippen molar-refractivity contribution in [1.82, 2.24) is 5.32 Å². The van der Waals surface area contributed by atoms with Crippen molar-refractivity contribution in [2.24, 2.45) is 5.73 Å². The lowest BCUT2D eigenvalue weighted by Gasteiger charge is -2.08. The molecule has 3 N–H and O–H groups in total. The van der Waals surface area contributed by atoms with Gasteiger partial charge in [-0.15, -0.1) is 0 Å². The molecule has 0 unspecified atom stereocenters. The number of nitrogens with two attached hydrogens (primary N) is 1. The minimum atomic E-state index is -0.825. The Morgan fingerprint density at radius 2 is 2.05 bits per heavy atom. The zero-order valence-electron chi connectivity index (χ0n) is 11.8. The van der Waals surface area contributed by atoms with E-state index in [0.29, 0.717) is 6.61 Å². The van der Waals surface area contributed by atoms with Gasteiger partial charge in [0, 0.05) is 0 Å². The highest BCUT2D eigenvalue weighted by atomic mass is 16.5. The summed E-state index contributed by atoms with van der Waals surface area (Å²) in [6.45, 7) is 2.08. The first-order valence-electron chi connectivity index (χ1n) is 6.37. The zero-order valence-corrected chi connectivity index (χ0v) is 11.8. The maximum Gasteiger partial charge on any atom is 0.315 e. The summed E-state index contributed by atoms with van der Waals surface area (Å²) >= 11 is 0. The highest BCUT2D eigenvalue weighted by Gasteiger charge is 2.09. The van der Waals surface area contributed by atoms with Gasteiger partial charge in [0.15, 0.2) is 6.61 Å². The van der Waals surface area contributed by atoms with Crippen LogP contribution in [0.25, 0.3) is 0 Å². The summed E-state index contributed by atoms with van der Waals surface area (Å²) in [5, 5.41) is 2.52. The number of hydrogen-bond acceptors (Lipinski definition) is 5. The molecule has 0 heterocycles. The molecule has 21 heavy (non-hydrogen) atoms. The molecule has 0 radical (unpaired) electrons. The summed E-state index contributed by atoms with van der Waals surface area (Å²) in [4.78, 5) is 32.7. The second-order valence-electron chi connectivity index (χ2n) is 4.32. The van der Waals surface area contributed by atoms with Crippen LogP contribution < -0.4 is 15.8 Å². The van der Waals surface area contributed by atoms with E-state index in [2.05, 4.69) is 10.1 Å². The van der Waals surface area contributed by atoms with Crippen LogP contribution in [-0.2, 0) is 19.1 Å². The molecule has 0 aromatic heterocycles. The van der Waals surface area contributed by atoms with E-state index in [1.807, 2.05) is 31.2 Å². The fourth-order valence-electron chi connectivity index (χ4n) is 1.45. The number of nitrogens with one attached hydrogen (secondary N) is 1. The Kier molecular flexibility index (Phi) is 6.73. The maximum absolute atomic E-state index is 11.3. The van der Waals surface area contributed by atoms with E-state index in [0.717, 1.165) is 11.3 Å². The molecule has 0 aliphatic heterocycles. The van der Waals surface area contributed by atoms with Crippen molar-refractivity contribution in [3.63, 3.8) is 0 Å². The lowest BCUT2D eigenvalue weighted by atomic mass is 10.2. The third-order valence-corrected chi connectivity index (χ3v) is 2.37. The predicted molar refractivity (Wildman–Crippen MR) is 74.5 cm³/mol. The van der Waals surface area contributed by atoms with Gasteiger partial charge in [-0.1, -0.05) is 12.1 Å². The summed E-state index contributed by atoms with van der Waals surface area (Å²) in [6, 6.07) is 7.53. The van der Waals surface area contributed by atoms with E-state index < -0.39 is 30.8 Å². The van der Waals surface area contributed by atoms with Crippen LogP contribution in [0.15, 0.2) is 24.3 Å². The molecular formula is C14H18N2O5. The predicted octanol–water partition coefficient (Wildman–Crippen LogP) is -0.0914. The van der Waals surface area contributed by atoms with Crippen molar-refractivity contribution in [2.45, 2.75) is 13.3 Å². The van der Waals surface area contributed by atoms with Gasteiger partial charge >= 0.3 is 5.97 Å². The Morgan fingerprint density at radius 1 is 1.29 bits per heavy atom. The first kappa shape index (κ1) is 16.5. The molecule has 1 aromatic rings.